The first kappa shape index (κ1) is 13.0. The van der Waals surface area contributed by atoms with Crippen LogP contribution in [-0.2, 0) is 16.6 Å². The van der Waals surface area contributed by atoms with Crippen molar-refractivity contribution in [2.75, 3.05) is 0 Å². The predicted octanol–water partition coefficient (Wildman–Crippen LogP) is 0.791. The van der Waals surface area contributed by atoms with Gasteiger partial charge in [0.25, 0.3) is 0 Å². The summed E-state index contributed by atoms with van der Waals surface area (Å²) >= 11 is 1.40. The minimum Gasteiger partial charge on any atom is -0.306 e. The van der Waals surface area contributed by atoms with Crippen molar-refractivity contribution < 1.29 is 8.42 Å². The highest BCUT2D eigenvalue weighted by molar-refractivity contribution is 7.89. The van der Waals surface area contributed by atoms with E-state index < -0.39 is 10.0 Å². The highest BCUT2D eigenvalue weighted by atomic mass is 32.2. The molecule has 3 rings (SSSR count). The number of aromatic amines is 2. The monoisotopic (exact) mass is 310 g/mol. The quantitative estimate of drug-likeness (QED) is 0.662. The van der Waals surface area contributed by atoms with Gasteiger partial charge in [-0.3, -0.25) is 0 Å². The second-order valence-corrected chi connectivity index (χ2v) is 6.58. The molecule has 0 fully saturated rings. The lowest BCUT2D eigenvalue weighted by molar-refractivity contribution is 0.580. The molecule has 0 saturated carbocycles. The molecule has 7 nitrogen and oxygen atoms in total. The van der Waals surface area contributed by atoms with E-state index in [0.29, 0.717) is 16.7 Å². The van der Waals surface area contributed by atoms with E-state index in [4.69, 9.17) is 0 Å². The lowest BCUT2D eigenvalue weighted by Crippen LogP contribution is -2.23. The van der Waals surface area contributed by atoms with E-state index in [1.54, 1.807) is 17.0 Å². The van der Waals surface area contributed by atoms with Crippen LogP contribution < -0.4 is 10.4 Å². The predicted molar refractivity (Wildman–Crippen MR) is 75.1 cm³/mol. The fraction of sp³-hybridized carbons (Fsp3) is 0.0909. The van der Waals surface area contributed by atoms with Crippen molar-refractivity contribution >= 4 is 32.4 Å². The third kappa shape index (κ3) is 2.50. The van der Waals surface area contributed by atoms with Crippen LogP contribution in [0.2, 0.25) is 0 Å². The third-order valence-corrected chi connectivity index (χ3v) is 4.76. The Kier molecular flexibility index (Phi) is 3.16. The van der Waals surface area contributed by atoms with Crippen LogP contribution in [0, 0.1) is 0 Å². The zero-order valence-corrected chi connectivity index (χ0v) is 11.7. The first-order chi connectivity index (χ1) is 9.54. The van der Waals surface area contributed by atoms with Crippen molar-refractivity contribution in [2.45, 2.75) is 11.4 Å². The number of benzene rings is 1. The number of aromatic nitrogens is 3. The molecule has 0 aliphatic heterocycles. The Morgan fingerprint density at radius 1 is 1.25 bits per heavy atom. The molecule has 0 bridgehead atoms. The summed E-state index contributed by atoms with van der Waals surface area (Å²) in [6, 6.07) is 4.40. The maximum atomic E-state index is 12.1. The summed E-state index contributed by atoms with van der Waals surface area (Å²) in [5.74, 6) is 0. The van der Waals surface area contributed by atoms with Gasteiger partial charge in [-0.15, -0.1) is 11.3 Å². The Morgan fingerprint density at radius 2 is 2.05 bits per heavy atom. The molecular weight excluding hydrogens is 300 g/mol. The second-order valence-electron chi connectivity index (χ2n) is 4.09. The first-order valence-electron chi connectivity index (χ1n) is 5.63. The number of H-pyrrole nitrogens is 2. The van der Waals surface area contributed by atoms with Gasteiger partial charge in [-0.2, -0.15) is 0 Å². The molecule has 0 spiro atoms. The topological polar surface area (TPSA) is 108 Å². The number of thiazole rings is 1. The van der Waals surface area contributed by atoms with Crippen molar-refractivity contribution in [1.82, 2.24) is 19.7 Å². The number of hydrogen-bond donors (Lipinski definition) is 3. The summed E-state index contributed by atoms with van der Waals surface area (Å²) in [6.07, 6.45) is 0. The zero-order valence-electron chi connectivity index (χ0n) is 10.1. The molecular formula is C11H10N4O3S2. The maximum absolute atomic E-state index is 12.1. The number of rotatable bonds is 4. The molecule has 0 unspecified atom stereocenters. The fourth-order valence-electron chi connectivity index (χ4n) is 1.76. The van der Waals surface area contributed by atoms with E-state index in [9.17, 15) is 13.2 Å². The van der Waals surface area contributed by atoms with Crippen LogP contribution in [0.1, 0.15) is 5.69 Å². The summed E-state index contributed by atoms with van der Waals surface area (Å²) in [5.41, 5.74) is 2.94. The number of sulfonamides is 1. The Labute approximate surface area is 117 Å². The Bertz CT molecular complexity index is 893. The standard InChI is InChI=1S/C11H10N4O3S2/c16-11-14-9-2-1-8(3-10(9)15-11)20(17,18)13-4-7-5-19-6-12-7/h1-3,5-6,13H,4H2,(H2,14,15,16). The van der Waals surface area contributed by atoms with Crippen molar-refractivity contribution in [3.63, 3.8) is 0 Å². The van der Waals surface area contributed by atoms with Gasteiger partial charge in [-0.1, -0.05) is 0 Å². The van der Waals surface area contributed by atoms with E-state index in [2.05, 4.69) is 19.7 Å². The van der Waals surface area contributed by atoms with E-state index in [1.807, 2.05) is 0 Å². The molecule has 20 heavy (non-hydrogen) atoms. The second kappa shape index (κ2) is 4.85. The normalized spacial score (nSPS) is 12.0. The number of nitrogens with zero attached hydrogens (tertiary/aromatic N) is 1. The summed E-state index contributed by atoms with van der Waals surface area (Å²) < 4.78 is 26.7. The number of hydrogen-bond acceptors (Lipinski definition) is 5. The molecule has 3 N–H and O–H groups in total. The fourth-order valence-corrected chi connectivity index (χ4v) is 3.34. The number of nitrogens with one attached hydrogen (secondary N) is 3. The van der Waals surface area contributed by atoms with Crippen molar-refractivity contribution in [2.24, 2.45) is 0 Å². The van der Waals surface area contributed by atoms with Crippen LogP contribution in [0.4, 0.5) is 0 Å². The average Bonchev–Trinajstić information content (AvgIpc) is 3.03. The summed E-state index contributed by atoms with van der Waals surface area (Å²) in [5, 5.41) is 1.77. The Hall–Kier alpha value is -1.97. The van der Waals surface area contributed by atoms with Crippen molar-refractivity contribution in [3.8, 4) is 0 Å². The zero-order chi connectivity index (χ0) is 14.2. The molecule has 104 valence electrons. The lowest BCUT2D eigenvalue weighted by Gasteiger charge is -2.05. The van der Waals surface area contributed by atoms with Gasteiger partial charge in [0.15, 0.2) is 0 Å². The minimum absolute atomic E-state index is 0.0930. The van der Waals surface area contributed by atoms with Gasteiger partial charge in [0.1, 0.15) is 0 Å². The van der Waals surface area contributed by atoms with Gasteiger partial charge in [0, 0.05) is 5.38 Å². The maximum Gasteiger partial charge on any atom is 0.323 e. The summed E-state index contributed by atoms with van der Waals surface area (Å²) in [6.45, 7) is 0.132. The van der Waals surface area contributed by atoms with Crippen LogP contribution in [0.5, 0.6) is 0 Å². The summed E-state index contributed by atoms with van der Waals surface area (Å²) in [7, 11) is -3.64. The molecule has 0 aliphatic rings. The smallest absolute Gasteiger partial charge is 0.306 e. The van der Waals surface area contributed by atoms with Crippen molar-refractivity contribution in [1.29, 1.82) is 0 Å². The molecule has 2 heterocycles. The molecule has 9 heteroatoms. The van der Waals surface area contributed by atoms with Crippen LogP contribution in [0.15, 0.2) is 38.8 Å². The van der Waals surface area contributed by atoms with Crippen LogP contribution in [0.3, 0.4) is 0 Å². The Balaban J connectivity index is 1.90. The van der Waals surface area contributed by atoms with Gasteiger partial charge in [-0.25, -0.2) is 22.9 Å². The molecule has 3 aromatic rings. The third-order valence-electron chi connectivity index (χ3n) is 2.72. The van der Waals surface area contributed by atoms with E-state index >= 15 is 0 Å². The van der Waals surface area contributed by atoms with Crippen LogP contribution >= 0.6 is 11.3 Å². The highest BCUT2D eigenvalue weighted by Crippen LogP contribution is 2.15. The van der Waals surface area contributed by atoms with Gasteiger partial charge in [0.05, 0.1) is 33.7 Å². The average molecular weight is 310 g/mol. The molecule has 0 amide bonds. The van der Waals surface area contributed by atoms with E-state index in [0.717, 1.165) is 0 Å². The van der Waals surface area contributed by atoms with Crippen LogP contribution in [-0.4, -0.2) is 23.4 Å². The number of imidazole rings is 1. The largest absolute Gasteiger partial charge is 0.323 e. The summed E-state index contributed by atoms with van der Waals surface area (Å²) in [4.78, 5) is 20.3. The Morgan fingerprint density at radius 3 is 2.80 bits per heavy atom. The molecule has 1 aromatic carbocycles. The molecule has 0 atom stereocenters. The minimum atomic E-state index is -3.64. The highest BCUT2D eigenvalue weighted by Gasteiger charge is 2.15. The van der Waals surface area contributed by atoms with Crippen molar-refractivity contribution in [3.05, 3.63) is 45.3 Å². The van der Waals surface area contributed by atoms with Gasteiger partial charge >= 0.3 is 5.69 Å². The van der Waals surface area contributed by atoms with E-state index in [1.165, 1.54) is 23.5 Å². The molecule has 2 aromatic heterocycles. The molecule has 0 aliphatic carbocycles. The lowest BCUT2D eigenvalue weighted by atomic mass is 10.3. The molecule has 0 radical (unpaired) electrons. The first-order valence-corrected chi connectivity index (χ1v) is 8.06. The van der Waals surface area contributed by atoms with Gasteiger partial charge < -0.3 is 9.97 Å². The van der Waals surface area contributed by atoms with Gasteiger partial charge in [0.2, 0.25) is 10.0 Å². The SMILES string of the molecule is O=c1[nH]c2ccc(S(=O)(=O)NCc3cscn3)cc2[nH]1. The number of fused-ring (bicyclic) bond motifs is 1. The van der Waals surface area contributed by atoms with Crippen LogP contribution in [0.25, 0.3) is 11.0 Å². The van der Waals surface area contributed by atoms with Gasteiger partial charge in [-0.05, 0) is 18.2 Å². The van der Waals surface area contributed by atoms with E-state index in [-0.39, 0.29) is 17.1 Å². The molecule has 0 saturated heterocycles.